The van der Waals surface area contributed by atoms with Crippen molar-refractivity contribution in [2.24, 2.45) is 0 Å². The van der Waals surface area contributed by atoms with Gasteiger partial charge in [0.1, 0.15) is 42.7 Å². The molecule has 11 atom stereocenters. The summed E-state index contributed by atoms with van der Waals surface area (Å²) in [6, 6.07) is 0.950. The zero-order valence-electron chi connectivity index (χ0n) is 26.6. The molecule has 1 aromatic rings. The van der Waals surface area contributed by atoms with Crippen LogP contribution in [-0.2, 0) is 36.7 Å². The molecule has 2 fully saturated rings. The number of nitrogens with zero attached hydrogens (tertiary/aromatic N) is 1. The number of aromatic nitrogens is 2. The average Bonchev–Trinajstić information content (AvgIpc) is 3.29. The third-order valence-electron chi connectivity index (χ3n) is 7.94. The third kappa shape index (κ3) is 12.1. The number of H-pyrrole nitrogens is 1. The number of phosphoric acid groups is 2. The molecule has 0 aliphatic carbocycles. The van der Waals surface area contributed by atoms with Crippen molar-refractivity contribution in [3.63, 3.8) is 0 Å². The lowest BCUT2D eigenvalue weighted by molar-refractivity contribution is -0.288. The third-order valence-corrected chi connectivity index (χ3v) is 10.5. The molecule has 3 heterocycles. The van der Waals surface area contributed by atoms with E-state index in [9.17, 15) is 54.0 Å². The highest BCUT2D eigenvalue weighted by molar-refractivity contribution is 7.61. The van der Waals surface area contributed by atoms with Crippen LogP contribution in [0.5, 0.6) is 0 Å². The first kappa shape index (κ1) is 41.0. The molecular formula is C27H48N2O17P2. The van der Waals surface area contributed by atoms with Crippen LogP contribution in [-0.4, -0.2) is 114 Å². The first-order chi connectivity index (χ1) is 22.7. The largest absolute Gasteiger partial charge is 0.483 e. The quantitative estimate of drug-likeness (QED) is 0.0616. The number of aliphatic hydroxyl groups excluding tert-OH is 5. The lowest BCUT2D eigenvalue weighted by Crippen LogP contribution is -2.60. The van der Waals surface area contributed by atoms with Crippen LogP contribution < -0.4 is 11.2 Å². The van der Waals surface area contributed by atoms with E-state index in [4.69, 9.17) is 18.7 Å². The zero-order chi connectivity index (χ0) is 35.5. The molecule has 48 heavy (non-hydrogen) atoms. The summed E-state index contributed by atoms with van der Waals surface area (Å²) in [4.78, 5) is 45.5. The van der Waals surface area contributed by atoms with Crippen LogP contribution in [0.4, 0.5) is 0 Å². The highest BCUT2D eigenvalue weighted by atomic mass is 31.3. The Kier molecular flexibility index (Phi) is 16.5. The molecule has 0 aromatic carbocycles. The molecule has 2 aliphatic rings. The fourth-order valence-electron chi connectivity index (χ4n) is 5.34. The Labute approximate surface area is 276 Å². The number of rotatable bonds is 21. The second kappa shape index (κ2) is 19.3. The molecule has 8 N–H and O–H groups in total. The van der Waals surface area contributed by atoms with Crippen LogP contribution in [0.25, 0.3) is 0 Å². The summed E-state index contributed by atoms with van der Waals surface area (Å²) in [5, 5.41) is 51.4. The first-order valence-corrected chi connectivity index (χ1v) is 19.0. The number of aliphatic hydroxyl groups is 5. The minimum Gasteiger partial charge on any atom is -0.394 e. The van der Waals surface area contributed by atoms with Crippen molar-refractivity contribution in [2.75, 3.05) is 19.8 Å². The summed E-state index contributed by atoms with van der Waals surface area (Å²) in [6.45, 7) is 0.471. The molecule has 2 aliphatic heterocycles. The Bertz CT molecular complexity index is 1330. The van der Waals surface area contributed by atoms with E-state index in [1.54, 1.807) is 0 Å². The number of hydrogen-bond donors (Lipinski definition) is 8. The van der Waals surface area contributed by atoms with Crippen LogP contribution in [0.2, 0.25) is 0 Å². The Morgan fingerprint density at radius 2 is 1.46 bits per heavy atom. The molecule has 2 saturated heterocycles. The molecule has 3 rings (SSSR count). The van der Waals surface area contributed by atoms with Gasteiger partial charge in [0.25, 0.3) is 5.56 Å². The predicted molar refractivity (Wildman–Crippen MR) is 164 cm³/mol. The van der Waals surface area contributed by atoms with Crippen molar-refractivity contribution in [3.8, 4) is 0 Å². The summed E-state index contributed by atoms with van der Waals surface area (Å²) in [6.07, 6.45) is -3.35. The fraction of sp³-hybridized carbons (Fsp3) is 0.852. The summed E-state index contributed by atoms with van der Waals surface area (Å²) in [5.74, 6) is 0. The second-order valence-corrected chi connectivity index (χ2v) is 14.7. The SMILES string of the molecule is CCCCCCCCCCCCO[C@@H]1[C@@H](O)[C@@H](OP(=O)(O)OP(=O)(O)OC[C@H]2O[C@@H](n3ccc(=O)[nH]c3=O)[C@H](O)[C@@H]2O)O[C@H](CO)[C@H]1O. The average molecular weight is 735 g/mol. The highest BCUT2D eigenvalue weighted by Gasteiger charge is 2.50. The van der Waals surface area contributed by atoms with Crippen LogP contribution in [0.3, 0.4) is 0 Å². The van der Waals surface area contributed by atoms with Crippen LogP contribution in [0.1, 0.15) is 77.4 Å². The molecule has 19 nitrogen and oxygen atoms in total. The summed E-state index contributed by atoms with van der Waals surface area (Å²) in [7, 11) is -11.1. The van der Waals surface area contributed by atoms with Gasteiger partial charge in [-0.1, -0.05) is 64.7 Å². The minimum atomic E-state index is -5.59. The number of unbranched alkanes of at least 4 members (excludes halogenated alkanes) is 9. The van der Waals surface area contributed by atoms with Crippen LogP contribution >= 0.6 is 15.6 Å². The van der Waals surface area contributed by atoms with Crippen molar-refractivity contribution >= 4 is 15.6 Å². The number of aromatic amines is 1. The fourth-order valence-corrected chi connectivity index (χ4v) is 7.50. The molecule has 0 saturated carbocycles. The van der Waals surface area contributed by atoms with Gasteiger partial charge in [-0.05, 0) is 6.42 Å². The number of hydrogen-bond acceptors (Lipinski definition) is 15. The van der Waals surface area contributed by atoms with E-state index in [-0.39, 0.29) is 6.61 Å². The minimum absolute atomic E-state index is 0.106. The predicted octanol–water partition coefficient (Wildman–Crippen LogP) is 0.152. The molecule has 0 radical (unpaired) electrons. The van der Waals surface area contributed by atoms with Crippen molar-refractivity contribution in [1.29, 1.82) is 0 Å². The lowest BCUT2D eigenvalue weighted by atomic mass is 9.99. The van der Waals surface area contributed by atoms with Gasteiger partial charge in [0.15, 0.2) is 12.5 Å². The molecule has 1 aromatic heterocycles. The maximum Gasteiger partial charge on any atom is 0.483 e. The van der Waals surface area contributed by atoms with Crippen molar-refractivity contribution in [1.82, 2.24) is 9.55 Å². The lowest BCUT2D eigenvalue weighted by Gasteiger charge is -2.41. The van der Waals surface area contributed by atoms with Gasteiger partial charge < -0.3 is 49.5 Å². The number of nitrogens with one attached hydrogen (secondary N) is 1. The van der Waals surface area contributed by atoms with E-state index in [1.807, 2.05) is 4.98 Å². The Balaban J connectivity index is 1.49. The topological polar surface area (TPSA) is 286 Å². The van der Waals surface area contributed by atoms with Gasteiger partial charge in [-0.25, -0.2) is 13.9 Å². The summed E-state index contributed by atoms with van der Waals surface area (Å²) < 4.78 is 55.7. The summed E-state index contributed by atoms with van der Waals surface area (Å²) in [5.41, 5.74) is -1.72. The maximum absolute atomic E-state index is 12.7. The van der Waals surface area contributed by atoms with Gasteiger partial charge in [0.2, 0.25) is 0 Å². The van der Waals surface area contributed by atoms with Crippen molar-refractivity contribution in [2.45, 2.75) is 126 Å². The van der Waals surface area contributed by atoms with Gasteiger partial charge in [0.05, 0.1) is 13.2 Å². The standard InChI is InChI=1S/C27H48N2O17P2/c1-2-3-4-5-6-7-8-9-10-11-14-41-24-21(33)17(15-30)44-26(23(24)35)45-48(39,40)46-47(37,38)42-16-18-20(32)22(34)25(43-18)29-13-12-19(31)28-27(29)36/h12-13,17-18,20-26,30,32-35H,2-11,14-16H2,1H3,(H,37,38)(H,39,40)(H,28,31,36)/t17-,18-,20-,21-,22-,23-,24+,25-,26-/m1/s1. The van der Waals surface area contributed by atoms with Gasteiger partial charge in [-0.2, -0.15) is 4.31 Å². The second-order valence-electron chi connectivity index (χ2n) is 11.7. The van der Waals surface area contributed by atoms with Crippen molar-refractivity contribution < 1.29 is 72.0 Å². The Morgan fingerprint density at radius 3 is 2.06 bits per heavy atom. The van der Waals surface area contributed by atoms with E-state index in [0.717, 1.165) is 42.5 Å². The maximum atomic E-state index is 12.7. The van der Waals surface area contributed by atoms with Gasteiger partial charge in [0, 0.05) is 18.9 Å². The van der Waals surface area contributed by atoms with Crippen LogP contribution in [0, 0.1) is 0 Å². The normalized spacial score (nSPS) is 31.8. The van der Waals surface area contributed by atoms with E-state index < -0.39 is 95.4 Å². The Morgan fingerprint density at radius 1 is 0.833 bits per heavy atom. The van der Waals surface area contributed by atoms with E-state index >= 15 is 0 Å². The molecule has 2 unspecified atom stereocenters. The molecule has 0 spiro atoms. The molecule has 0 bridgehead atoms. The summed E-state index contributed by atoms with van der Waals surface area (Å²) >= 11 is 0. The smallest absolute Gasteiger partial charge is 0.394 e. The zero-order valence-corrected chi connectivity index (χ0v) is 28.4. The Hall–Kier alpha value is -1.38. The highest BCUT2D eigenvalue weighted by Crippen LogP contribution is 2.61. The molecule has 21 heteroatoms. The van der Waals surface area contributed by atoms with Gasteiger partial charge >= 0.3 is 21.3 Å². The molecular weight excluding hydrogens is 686 g/mol. The van der Waals surface area contributed by atoms with E-state index in [1.165, 1.54) is 32.1 Å². The van der Waals surface area contributed by atoms with Gasteiger partial charge in [-0.3, -0.25) is 23.4 Å². The van der Waals surface area contributed by atoms with E-state index in [2.05, 4.69) is 15.8 Å². The van der Waals surface area contributed by atoms with E-state index in [0.29, 0.717) is 6.42 Å². The number of ether oxygens (including phenoxy) is 3. The van der Waals surface area contributed by atoms with Crippen molar-refractivity contribution in [3.05, 3.63) is 33.1 Å². The number of phosphoric ester groups is 2. The van der Waals surface area contributed by atoms with Crippen LogP contribution in [0.15, 0.2) is 21.9 Å². The molecule has 0 amide bonds. The first-order valence-electron chi connectivity index (χ1n) is 16.0. The van der Waals surface area contributed by atoms with Gasteiger partial charge in [-0.15, -0.1) is 0 Å². The molecule has 278 valence electrons. The monoisotopic (exact) mass is 734 g/mol.